The topological polar surface area (TPSA) is 59.2 Å². The summed E-state index contributed by atoms with van der Waals surface area (Å²) >= 11 is 0. The van der Waals surface area contributed by atoms with Gasteiger partial charge in [-0.25, -0.2) is 4.98 Å². The maximum Gasteiger partial charge on any atom is 0.231 e. The van der Waals surface area contributed by atoms with E-state index in [9.17, 15) is 4.79 Å². The van der Waals surface area contributed by atoms with Crippen molar-refractivity contribution in [3.05, 3.63) is 48.2 Å². The largest absolute Gasteiger partial charge is 0.384 e. The van der Waals surface area contributed by atoms with Crippen molar-refractivity contribution in [3.63, 3.8) is 0 Å². The van der Waals surface area contributed by atoms with E-state index in [0.29, 0.717) is 12.2 Å². The first kappa shape index (κ1) is 10.8. The van der Waals surface area contributed by atoms with Gasteiger partial charge in [0.2, 0.25) is 5.91 Å². The van der Waals surface area contributed by atoms with E-state index in [2.05, 4.69) is 11.1 Å². The summed E-state index contributed by atoms with van der Waals surface area (Å²) in [6.45, 7) is 0. The average molecular weight is 239 g/mol. The molecule has 1 aromatic carbocycles. The fourth-order valence-corrected chi connectivity index (χ4v) is 2.29. The number of hydrogen-bond acceptors (Lipinski definition) is 3. The number of fused-ring (bicyclic) bond motifs is 1. The molecule has 0 unspecified atom stereocenters. The van der Waals surface area contributed by atoms with E-state index in [1.165, 1.54) is 5.56 Å². The summed E-state index contributed by atoms with van der Waals surface area (Å²) in [6.07, 6.45) is 2.94. The van der Waals surface area contributed by atoms with Gasteiger partial charge < -0.3 is 5.73 Å². The number of carbonyl (C=O) groups excluding carboxylic acids is 1. The quantitative estimate of drug-likeness (QED) is 0.830. The van der Waals surface area contributed by atoms with Gasteiger partial charge in [-0.05, 0) is 24.1 Å². The van der Waals surface area contributed by atoms with E-state index in [0.717, 1.165) is 17.8 Å². The molecule has 1 aliphatic heterocycles. The highest BCUT2D eigenvalue weighted by molar-refractivity contribution is 6.03. The third-order valence-electron chi connectivity index (χ3n) is 3.11. The van der Waals surface area contributed by atoms with E-state index in [1.54, 1.807) is 23.2 Å². The molecule has 1 aliphatic rings. The molecule has 0 fully saturated rings. The number of amides is 1. The van der Waals surface area contributed by atoms with Gasteiger partial charge in [0.15, 0.2) is 0 Å². The highest BCUT2D eigenvalue weighted by Gasteiger charge is 2.25. The third-order valence-corrected chi connectivity index (χ3v) is 3.11. The van der Waals surface area contributed by atoms with Crippen molar-refractivity contribution in [2.75, 3.05) is 10.6 Å². The Morgan fingerprint density at radius 3 is 2.83 bits per heavy atom. The summed E-state index contributed by atoms with van der Waals surface area (Å²) in [5.41, 5.74) is 8.59. The molecule has 0 radical (unpaired) electrons. The second-order valence-electron chi connectivity index (χ2n) is 4.30. The van der Waals surface area contributed by atoms with Crippen LogP contribution in [0.4, 0.5) is 17.2 Å². The van der Waals surface area contributed by atoms with Crippen molar-refractivity contribution in [3.8, 4) is 0 Å². The molecule has 90 valence electrons. The summed E-state index contributed by atoms with van der Waals surface area (Å²) in [7, 11) is 0. The number of hydrogen-bond donors (Lipinski definition) is 1. The fourth-order valence-electron chi connectivity index (χ4n) is 2.29. The number of rotatable bonds is 1. The zero-order valence-corrected chi connectivity index (χ0v) is 9.84. The van der Waals surface area contributed by atoms with Crippen LogP contribution in [0.25, 0.3) is 0 Å². The number of anilines is 3. The van der Waals surface area contributed by atoms with E-state index < -0.39 is 0 Å². The number of para-hydroxylation sites is 1. The van der Waals surface area contributed by atoms with Crippen molar-refractivity contribution >= 4 is 23.1 Å². The molecule has 0 bridgehead atoms. The highest BCUT2D eigenvalue weighted by Crippen LogP contribution is 2.34. The number of nitrogens with zero attached hydrogens (tertiary/aromatic N) is 2. The molecule has 18 heavy (non-hydrogen) atoms. The van der Waals surface area contributed by atoms with Crippen molar-refractivity contribution < 1.29 is 4.79 Å². The lowest BCUT2D eigenvalue weighted by Gasteiger charge is -2.29. The molecule has 2 heterocycles. The van der Waals surface area contributed by atoms with Crippen LogP contribution in [0.15, 0.2) is 42.6 Å². The van der Waals surface area contributed by atoms with Gasteiger partial charge in [0.05, 0.1) is 11.4 Å². The Balaban J connectivity index is 2.13. The van der Waals surface area contributed by atoms with Crippen molar-refractivity contribution in [1.82, 2.24) is 4.98 Å². The second kappa shape index (κ2) is 4.14. The number of pyridine rings is 1. The molecule has 3 rings (SSSR count). The molecule has 1 aromatic heterocycles. The molecular formula is C14H13N3O. The van der Waals surface area contributed by atoms with Crippen LogP contribution < -0.4 is 10.6 Å². The summed E-state index contributed by atoms with van der Waals surface area (Å²) in [4.78, 5) is 17.8. The van der Waals surface area contributed by atoms with Gasteiger partial charge in [-0.2, -0.15) is 0 Å². The minimum absolute atomic E-state index is 0.0966. The van der Waals surface area contributed by atoms with Crippen LogP contribution in [-0.2, 0) is 11.2 Å². The van der Waals surface area contributed by atoms with Crippen LogP contribution in [0.5, 0.6) is 0 Å². The summed E-state index contributed by atoms with van der Waals surface area (Å²) < 4.78 is 0. The Morgan fingerprint density at radius 1 is 1.17 bits per heavy atom. The fraction of sp³-hybridized carbons (Fsp3) is 0.143. The number of nitrogen functional groups attached to an aromatic ring is 1. The average Bonchev–Trinajstić information content (AvgIpc) is 2.38. The maximum absolute atomic E-state index is 12.1. The zero-order valence-electron chi connectivity index (χ0n) is 9.84. The lowest BCUT2D eigenvalue weighted by Crippen LogP contribution is -2.30. The van der Waals surface area contributed by atoms with Gasteiger partial charge in [-0.15, -0.1) is 0 Å². The normalized spacial score (nSPS) is 14.4. The first-order chi connectivity index (χ1) is 8.75. The first-order valence-electron chi connectivity index (χ1n) is 5.88. The minimum atomic E-state index is 0.0966. The molecule has 4 nitrogen and oxygen atoms in total. The molecule has 2 aromatic rings. The van der Waals surface area contributed by atoms with Gasteiger partial charge in [0, 0.05) is 18.7 Å². The minimum Gasteiger partial charge on any atom is -0.384 e. The molecule has 0 atom stereocenters. The SMILES string of the molecule is Nc1cc(N2C(=O)CCc3ccccc32)ccn1. The van der Waals surface area contributed by atoms with Gasteiger partial charge >= 0.3 is 0 Å². The first-order valence-corrected chi connectivity index (χ1v) is 5.88. The third kappa shape index (κ3) is 1.72. The number of aromatic nitrogens is 1. The van der Waals surface area contributed by atoms with Crippen LogP contribution in [0, 0.1) is 0 Å². The number of nitrogens with two attached hydrogens (primary N) is 1. The molecule has 0 spiro atoms. The van der Waals surface area contributed by atoms with Crippen molar-refractivity contribution in [1.29, 1.82) is 0 Å². The molecule has 2 N–H and O–H groups in total. The zero-order chi connectivity index (χ0) is 12.5. The van der Waals surface area contributed by atoms with E-state index >= 15 is 0 Å². The molecule has 1 amide bonds. The Morgan fingerprint density at radius 2 is 2.00 bits per heavy atom. The van der Waals surface area contributed by atoms with E-state index in [-0.39, 0.29) is 5.91 Å². The molecular weight excluding hydrogens is 226 g/mol. The summed E-state index contributed by atoms with van der Waals surface area (Å²) in [5, 5.41) is 0. The van der Waals surface area contributed by atoms with Crippen molar-refractivity contribution in [2.24, 2.45) is 0 Å². The van der Waals surface area contributed by atoms with E-state index in [1.807, 2.05) is 18.2 Å². The van der Waals surface area contributed by atoms with Crippen LogP contribution in [0.3, 0.4) is 0 Å². The smallest absolute Gasteiger partial charge is 0.231 e. The standard InChI is InChI=1S/C14H13N3O/c15-13-9-11(7-8-16-13)17-12-4-2-1-3-10(12)5-6-14(17)18/h1-4,7-9H,5-6H2,(H2,15,16). The predicted molar refractivity (Wildman–Crippen MR) is 70.6 cm³/mol. The lowest BCUT2D eigenvalue weighted by atomic mass is 10.0. The van der Waals surface area contributed by atoms with Crippen LogP contribution >= 0.6 is 0 Å². The Kier molecular flexibility index (Phi) is 2.48. The Bertz CT molecular complexity index is 609. The van der Waals surface area contributed by atoms with Gasteiger partial charge in [0.25, 0.3) is 0 Å². The Hall–Kier alpha value is -2.36. The number of carbonyl (C=O) groups is 1. The second-order valence-corrected chi connectivity index (χ2v) is 4.30. The summed E-state index contributed by atoms with van der Waals surface area (Å²) in [6, 6.07) is 11.5. The number of aryl methyl sites for hydroxylation is 1. The van der Waals surface area contributed by atoms with Crippen LogP contribution in [0.1, 0.15) is 12.0 Å². The van der Waals surface area contributed by atoms with Gasteiger partial charge in [-0.1, -0.05) is 18.2 Å². The van der Waals surface area contributed by atoms with Gasteiger partial charge in [-0.3, -0.25) is 9.69 Å². The molecule has 0 aliphatic carbocycles. The monoisotopic (exact) mass is 239 g/mol. The van der Waals surface area contributed by atoms with Gasteiger partial charge in [0.1, 0.15) is 5.82 Å². The highest BCUT2D eigenvalue weighted by atomic mass is 16.2. The van der Waals surface area contributed by atoms with Crippen molar-refractivity contribution in [2.45, 2.75) is 12.8 Å². The lowest BCUT2D eigenvalue weighted by molar-refractivity contribution is -0.118. The number of benzene rings is 1. The summed E-state index contributed by atoms with van der Waals surface area (Å²) in [5.74, 6) is 0.516. The van der Waals surface area contributed by atoms with E-state index in [4.69, 9.17) is 5.73 Å². The predicted octanol–water partition coefficient (Wildman–Crippen LogP) is 2.27. The van der Waals surface area contributed by atoms with Crippen LogP contribution in [-0.4, -0.2) is 10.9 Å². The molecule has 4 heteroatoms. The Labute approximate surface area is 105 Å². The van der Waals surface area contributed by atoms with Crippen LogP contribution in [0.2, 0.25) is 0 Å². The molecule has 0 saturated carbocycles. The molecule has 0 saturated heterocycles. The maximum atomic E-state index is 12.1.